The Morgan fingerprint density at radius 2 is 2.38 bits per heavy atom. The van der Waals surface area contributed by atoms with E-state index in [4.69, 9.17) is 4.74 Å². The lowest BCUT2D eigenvalue weighted by Gasteiger charge is -2.20. The van der Waals surface area contributed by atoms with Crippen LogP contribution in [0.4, 0.5) is 0 Å². The number of H-pyrrole nitrogens is 1. The molecule has 1 aromatic rings. The van der Waals surface area contributed by atoms with Crippen LogP contribution in [-0.4, -0.2) is 60.2 Å². The van der Waals surface area contributed by atoms with Gasteiger partial charge in [-0.25, -0.2) is 17.9 Å². The Labute approximate surface area is 132 Å². The van der Waals surface area contributed by atoms with Crippen LogP contribution in [0.1, 0.15) is 17.3 Å². The van der Waals surface area contributed by atoms with E-state index in [0.29, 0.717) is 6.54 Å². The minimum atomic E-state index is -3.80. The van der Waals surface area contributed by atoms with Gasteiger partial charge < -0.3 is 4.74 Å². The maximum atomic E-state index is 12.3. The highest BCUT2D eigenvalue weighted by molar-refractivity contribution is 8.06. The lowest BCUT2D eigenvalue weighted by Crippen LogP contribution is -2.34. The Hall–Kier alpha value is -0.710. The number of esters is 1. The van der Waals surface area contributed by atoms with Gasteiger partial charge in [0.25, 0.3) is 10.0 Å². The second-order valence-electron chi connectivity index (χ2n) is 4.25. The van der Waals surface area contributed by atoms with Crippen LogP contribution in [0.5, 0.6) is 0 Å². The zero-order chi connectivity index (χ0) is 15.3. The Balaban J connectivity index is 2.05. The third kappa shape index (κ3) is 4.38. The fraction of sp³-hybridized carbons (Fsp3) is 0.636. The van der Waals surface area contributed by atoms with Crippen molar-refractivity contribution in [3.63, 3.8) is 0 Å². The van der Waals surface area contributed by atoms with Crippen LogP contribution in [0.25, 0.3) is 0 Å². The van der Waals surface area contributed by atoms with Gasteiger partial charge in [0.05, 0.1) is 12.8 Å². The number of carbonyl (C=O) groups excluding carboxylic acids is 1. The zero-order valence-corrected chi connectivity index (χ0v) is 13.9. The van der Waals surface area contributed by atoms with Gasteiger partial charge in [0.1, 0.15) is 5.56 Å². The Morgan fingerprint density at radius 1 is 1.57 bits per heavy atom. The van der Waals surface area contributed by atoms with E-state index in [1.165, 1.54) is 0 Å². The number of rotatable bonds is 6. The molecule has 2 heterocycles. The smallest absolute Gasteiger partial charge is 0.342 e. The van der Waals surface area contributed by atoms with E-state index in [-0.39, 0.29) is 22.4 Å². The average Bonchev–Trinajstić information content (AvgIpc) is 2.97. The minimum absolute atomic E-state index is 0.0741. The number of hydrogen-bond acceptors (Lipinski definition) is 7. The summed E-state index contributed by atoms with van der Waals surface area (Å²) in [7, 11) is -3.80. The highest BCUT2D eigenvalue weighted by atomic mass is 32.2. The molecule has 1 atom stereocenters. The molecule has 0 radical (unpaired) electrons. The predicted octanol–water partition coefficient (Wildman–Crippen LogP) is 0.713. The largest absolute Gasteiger partial charge is 0.462 e. The maximum Gasteiger partial charge on any atom is 0.342 e. The number of nitrogens with zero attached hydrogens (tertiary/aromatic N) is 1. The summed E-state index contributed by atoms with van der Waals surface area (Å²) in [4.78, 5) is 11.7. The summed E-state index contributed by atoms with van der Waals surface area (Å²) in [5.74, 6) is 2.34. The number of ether oxygens (including phenoxy) is 1. The third-order valence-corrected chi connectivity index (χ3v) is 6.99. The molecule has 0 spiro atoms. The van der Waals surface area contributed by atoms with Gasteiger partial charge in [-0.15, -0.1) is 0 Å². The van der Waals surface area contributed by atoms with Crippen molar-refractivity contribution >= 4 is 39.5 Å². The molecule has 1 aliphatic heterocycles. The number of hydrogen-bond donors (Lipinski definition) is 2. The summed E-state index contributed by atoms with van der Waals surface area (Å²) >= 11 is 3.57. The molecule has 1 unspecified atom stereocenters. The van der Waals surface area contributed by atoms with Crippen molar-refractivity contribution in [2.45, 2.75) is 17.2 Å². The lowest BCUT2D eigenvalue weighted by molar-refractivity contribution is 0.0522. The van der Waals surface area contributed by atoms with E-state index >= 15 is 0 Å². The van der Waals surface area contributed by atoms with Crippen molar-refractivity contribution in [2.24, 2.45) is 0 Å². The number of sulfonamides is 1. The van der Waals surface area contributed by atoms with Crippen LogP contribution in [0.2, 0.25) is 0 Å². The second-order valence-corrected chi connectivity index (χ2v) is 8.51. The minimum Gasteiger partial charge on any atom is -0.462 e. The fourth-order valence-electron chi connectivity index (χ4n) is 1.76. The Kier molecular flexibility index (Phi) is 5.97. The number of carbonyl (C=O) groups is 1. The summed E-state index contributed by atoms with van der Waals surface area (Å²) in [5.41, 5.74) is -0.0741. The second kappa shape index (κ2) is 7.52. The molecule has 10 heteroatoms. The molecule has 118 valence electrons. The first-order chi connectivity index (χ1) is 10.0. The van der Waals surface area contributed by atoms with Crippen LogP contribution >= 0.6 is 23.5 Å². The molecule has 1 fully saturated rings. The third-order valence-electron chi connectivity index (χ3n) is 2.75. The summed E-state index contributed by atoms with van der Waals surface area (Å²) in [6.45, 7) is 2.16. The topological polar surface area (TPSA) is 101 Å². The normalized spacial score (nSPS) is 19.4. The van der Waals surface area contributed by atoms with E-state index in [1.807, 2.05) is 11.8 Å². The number of aromatic amines is 1. The summed E-state index contributed by atoms with van der Waals surface area (Å²) in [6.07, 6.45) is 1.16. The first kappa shape index (κ1) is 16.7. The summed E-state index contributed by atoms with van der Waals surface area (Å²) in [6, 6.07) is 0. The molecule has 0 aliphatic carbocycles. The van der Waals surface area contributed by atoms with Gasteiger partial charge in [-0.05, 0) is 6.92 Å². The van der Waals surface area contributed by atoms with E-state index in [9.17, 15) is 13.2 Å². The standard InChI is InChI=1S/C11H17N3O4S3/c1-2-18-11(15)9-6-12-14-10(9)21(16,17)13-5-8-7-19-3-4-20-8/h6,8,13H,2-5,7H2,1H3,(H,12,14). The highest BCUT2D eigenvalue weighted by Gasteiger charge is 2.27. The fourth-order valence-corrected chi connectivity index (χ4v) is 5.64. The van der Waals surface area contributed by atoms with Crippen LogP contribution < -0.4 is 4.72 Å². The molecule has 2 N–H and O–H groups in total. The molecule has 21 heavy (non-hydrogen) atoms. The van der Waals surface area contributed by atoms with Crippen molar-refractivity contribution in [3.05, 3.63) is 11.8 Å². The number of thioether (sulfide) groups is 2. The molecule has 7 nitrogen and oxygen atoms in total. The van der Waals surface area contributed by atoms with Gasteiger partial charge >= 0.3 is 5.97 Å². The van der Waals surface area contributed by atoms with Crippen LogP contribution in [0, 0.1) is 0 Å². The van der Waals surface area contributed by atoms with Gasteiger partial charge in [0.15, 0.2) is 5.03 Å². The van der Waals surface area contributed by atoms with Crippen LogP contribution in [-0.2, 0) is 14.8 Å². The molecular formula is C11H17N3O4S3. The Bertz CT molecular complexity index is 581. The van der Waals surface area contributed by atoms with Gasteiger partial charge in [-0.2, -0.15) is 28.6 Å². The monoisotopic (exact) mass is 351 g/mol. The van der Waals surface area contributed by atoms with Gasteiger partial charge in [0.2, 0.25) is 0 Å². The SMILES string of the molecule is CCOC(=O)c1cn[nH]c1S(=O)(=O)NCC1CSCCS1. The molecule has 0 aromatic carbocycles. The van der Waals surface area contributed by atoms with E-state index in [1.54, 1.807) is 18.7 Å². The summed E-state index contributed by atoms with van der Waals surface area (Å²) < 4.78 is 31.9. The molecule has 0 bridgehead atoms. The summed E-state index contributed by atoms with van der Waals surface area (Å²) in [5, 5.41) is 5.99. The molecule has 1 aromatic heterocycles. The van der Waals surface area contributed by atoms with Crippen molar-refractivity contribution < 1.29 is 17.9 Å². The average molecular weight is 351 g/mol. The van der Waals surface area contributed by atoms with Crippen molar-refractivity contribution in [1.29, 1.82) is 0 Å². The highest BCUT2D eigenvalue weighted by Crippen LogP contribution is 2.24. The van der Waals surface area contributed by atoms with E-state index in [0.717, 1.165) is 23.5 Å². The van der Waals surface area contributed by atoms with Crippen molar-refractivity contribution in [2.75, 3.05) is 30.4 Å². The quantitative estimate of drug-likeness (QED) is 0.728. The van der Waals surface area contributed by atoms with Crippen molar-refractivity contribution in [3.8, 4) is 0 Å². The van der Waals surface area contributed by atoms with Gasteiger partial charge in [-0.1, -0.05) is 0 Å². The number of aromatic nitrogens is 2. The zero-order valence-electron chi connectivity index (χ0n) is 11.5. The Morgan fingerprint density at radius 3 is 3.05 bits per heavy atom. The van der Waals surface area contributed by atoms with Gasteiger partial charge in [0, 0.05) is 29.1 Å². The van der Waals surface area contributed by atoms with E-state index < -0.39 is 16.0 Å². The van der Waals surface area contributed by atoms with Crippen LogP contribution in [0.3, 0.4) is 0 Å². The molecule has 0 amide bonds. The van der Waals surface area contributed by atoms with Crippen LogP contribution in [0.15, 0.2) is 11.2 Å². The molecular weight excluding hydrogens is 334 g/mol. The van der Waals surface area contributed by atoms with Gasteiger partial charge in [-0.3, -0.25) is 5.10 Å². The maximum absolute atomic E-state index is 12.3. The van der Waals surface area contributed by atoms with Crippen molar-refractivity contribution in [1.82, 2.24) is 14.9 Å². The predicted molar refractivity (Wildman–Crippen MR) is 83.3 cm³/mol. The molecule has 2 rings (SSSR count). The molecule has 0 saturated carbocycles. The number of nitrogens with one attached hydrogen (secondary N) is 2. The first-order valence-corrected chi connectivity index (χ1v) is 10.1. The molecule has 1 aliphatic rings. The first-order valence-electron chi connectivity index (χ1n) is 6.44. The van der Waals surface area contributed by atoms with E-state index in [2.05, 4.69) is 14.9 Å². The molecule has 1 saturated heterocycles. The lowest BCUT2D eigenvalue weighted by atomic mass is 10.4.